The first-order valence-corrected chi connectivity index (χ1v) is 2.64. The van der Waals surface area contributed by atoms with E-state index in [1.807, 2.05) is 0 Å². The average molecular weight is 216 g/mol. The van der Waals surface area contributed by atoms with Crippen molar-refractivity contribution in [3.63, 3.8) is 0 Å². The average Bonchev–Trinajstić information content (AvgIpc) is 1.86. The van der Waals surface area contributed by atoms with Crippen LogP contribution in [0.4, 0.5) is 30.7 Å². The van der Waals surface area contributed by atoms with Crippen molar-refractivity contribution in [1.29, 1.82) is 0 Å². The van der Waals surface area contributed by atoms with E-state index in [2.05, 4.69) is 11.6 Å². The topological polar surface area (TPSA) is 0 Å². The highest BCUT2D eigenvalue weighted by molar-refractivity contribution is 6.24. The van der Waals surface area contributed by atoms with Crippen molar-refractivity contribution in [1.82, 2.24) is 0 Å². The molecule has 0 aliphatic rings. The fourth-order valence-corrected chi connectivity index (χ4v) is 0.309. The Labute approximate surface area is 67.3 Å². The third kappa shape index (κ3) is 1.75. The van der Waals surface area contributed by atoms with E-state index in [9.17, 15) is 30.7 Å². The maximum Gasteiger partial charge on any atom is 0.383 e. The van der Waals surface area contributed by atoms with Crippen molar-refractivity contribution in [2.24, 2.45) is 0 Å². The summed E-state index contributed by atoms with van der Waals surface area (Å²) in [5, 5.41) is -5.15. The first kappa shape index (κ1) is 11.8. The summed E-state index contributed by atoms with van der Waals surface area (Å²) in [6, 6.07) is 0. The number of hydrogen-bond donors (Lipinski definition) is 0. The van der Waals surface area contributed by atoms with Crippen LogP contribution in [0.3, 0.4) is 0 Å². The van der Waals surface area contributed by atoms with Crippen molar-refractivity contribution < 1.29 is 30.7 Å². The van der Waals surface area contributed by atoms with Crippen LogP contribution in [0.25, 0.3) is 0 Å². The standard InChI is InChI=1S/C4ClF7/c5-3(10,1(6)7)4(11,12)2(8)9. The lowest BCUT2D eigenvalue weighted by atomic mass is 10.2. The summed E-state index contributed by atoms with van der Waals surface area (Å²) >= 11 is 3.85. The molecule has 0 nitrogen and oxygen atoms in total. The highest BCUT2D eigenvalue weighted by Crippen LogP contribution is 2.50. The maximum atomic E-state index is 12.0. The fraction of sp³-hybridized carbons (Fsp3) is 0.500. The molecule has 8 heteroatoms. The van der Waals surface area contributed by atoms with Gasteiger partial charge in [-0.3, -0.25) is 0 Å². The van der Waals surface area contributed by atoms with Gasteiger partial charge in [0.15, 0.2) is 0 Å². The monoisotopic (exact) mass is 216 g/mol. The van der Waals surface area contributed by atoms with Gasteiger partial charge in [-0.15, -0.1) is 0 Å². The minimum atomic E-state index is -5.69. The predicted molar refractivity (Wildman–Crippen MR) is 25.6 cm³/mol. The molecule has 0 aromatic carbocycles. The molecule has 0 aromatic heterocycles. The minimum absolute atomic E-state index is 3.62. The van der Waals surface area contributed by atoms with Gasteiger partial charge in [0, 0.05) is 0 Å². The molecule has 0 amide bonds. The molecule has 2 radical (unpaired) electrons. The van der Waals surface area contributed by atoms with Crippen LogP contribution < -0.4 is 0 Å². The van der Waals surface area contributed by atoms with E-state index in [0.717, 1.165) is 0 Å². The first-order valence-electron chi connectivity index (χ1n) is 2.26. The molecule has 0 aliphatic heterocycles. The van der Waals surface area contributed by atoms with Crippen LogP contribution in [0.15, 0.2) is 0 Å². The van der Waals surface area contributed by atoms with Crippen LogP contribution in [0, 0.1) is 12.9 Å². The van der Waals surface area contributed by atoms with E-state index in [-0.39, 0.29) is 0 Å². The van der Waals surface area contributed by atoms with Crippen molar-refractivity contribution in [2.45, 2.75) is 11.1 Å². The molecule has 0 heterocycles. The van der Waals surface area contributed by atoms with Crippen molar-refractivity contribution in [2.75, 3.05) is 0 Å². The predicted octanol–water partition coefficient (Wildman–Crippen LogP) is 3.38. The van der Waals surface area contributed by atoms with E-state index in [4.69, 9.17) is 0 Å². The summed E-state index contributed by atoms with van der Waals surface area (Å²) in [5.74, 6) is -5.69. The van der Waals surface area contributed by atoms with E-state index < -0.39 is 23.9 Å². The third-order valence-corrected chi connectivity index (χ3v) is 1.25. The Morgan fingerprint density at radius 1 is 0.833 bits per heavy atom. The number of halogens is 8. The van der Waals surface area contributed by atoms with Crippen LogP contribution in [-0.2, 0) is 0 Å². The SMILES string of the molecule is F[C](F)C(F)(F)C(F)(Cl)[C](F)F. The molecule has 0 rings (SSSR count). The highest BCUT2D eigenvalue weighted by Gasteiger charge is 2.68. The summed E-state index contributed by atoms with van der Waals surface area (Å²) in [6.45, 7) is 0. The Kier molecular flexibility index (Phi) is 3.22. The lowest BCUT2D eigenvalue weighted by Gasteiger charge is -2.23. The Bertz CT molecular complexity index is 135. The molecule has 1 unspecified atom stereocenters. The molecule has 0 aliphatic carbocycles. The first-order chi connectivity index (χ1) is 5.14. The van der Waals surface area contributed by atoms with Gasteiger partial charge >= 0.3 is 23.9 Å². The second-order valence-corrected chi connectivity index (χ2v) is 2.19. The molecular formula is C4ClF7. The van der Waals surface area contributed by atoms with Crippen LogP contribution in [0.2, 0.25) is 0 Å². The molecule has 0 saturated carbocycles. The van der Waals surface area contributed by atoms with Crippen molar-refractivity contribution >= 4 is 11.6 Å². The minimum Gasteiger partial charge on any atom is -0.212 e. The number of alkyl halides is 4. The summed E-state index contributed by atoms with van der Waals surface area (Å²) in [7, 11) is 0. The van der Waals surface area contributed by atoms with E-state index >= 15 is 0 Å². The van der Waals surface area contributed by atoms with Crippen LogP contribution in [0.1, 0.15) is 0 Å². The number of rotatable bonds is 3. The van der Waals surface area contributed by atoms with E-state index in [1.54, 1.807) is 0 Å². The summed E-state index contributed by atoms with van der Waals surface area (Å²) in [4.78, 5) is 0. The molecule has 12 heavy (non-hydrogen) atoms. The lowest BCUT2D eigenvalue weighted by molar-refractivity contribution is -0.148. The van der Waals surface area contributed by atoms with Crippen LogP contribution in [-0.4, -0.2) is 11.1 Å². The molecule has 0 spiro atoms. The Morgan fingerprint density at radius 3 is 1.25 bits per heavy atom. The van der Waals surface area contributed by atoms with Gasteiger partial charge in [-0.1, -0.05) is 11.6 Å². The Balaban J connectivity index is 4.75. The zero-order valence-electron chi connectivity index (χ0n) is 5.02. The summed E-state index contributed by atoms with van der Waals surface area (Å²) in [5.41, 5.74) is 0. The molecule has 1 atom stereocenters. The van der Waals surface area contributed by atoms with Gasteiger partial charge < -0.3 is 0 Å². The van der Waals surface area contributed by atoms with Gasteiger partial charge in [-0.25, -0.2) is 4.39 Å². The zero-order chi connectivity index (χ0) is 10.2. The van der Waals surface area contributed by atoms with Gasteiger partial charge in [-0.2, -0.15) is 26.3 Å². The van der Waals surface area contributed by atoms with Gasteiger partial charge in [0.05, 0.1) is 0 Å². The summed E-state index contributed by atoms with van der Waals surface area (Å²) < 4.78 is 80.4. The van der Waals surface area contributed by atoms with Gasteiger partial charge in [0.2, 0.25) is 0 Å². The fourth-order valence-electron chi connectivity index (χ4n) is 0.237. The molecule has 0 N–H and O–H groups in total. The highest BCUT2D eigenvalue weighted by atomic mass is 35.5. The smallest absolute Gasteiger partial charge is 0.212 e. The van der Waals surface area contributed by atoms with Crippen molar-refractivity contribution in [3.8, 4) is 0 Å². The normalized spacial score (nSPS) is 18.5. The number of hydrogen-bond acceptors (Lipinski definition) is 0. The van der Waals surface area contributed by atoms with Crippen LogP contribution >= 0.6 is 11.6 Å². The molecule has 0 aromatic rings. The van der Waals surface area contributed by atoms with Gasteiger partial charge in [0.1, 0.15) is 0 Å². The van der Waals surface area contributed by atoms with Crippen LogP contribution in [0.5, 0.6) is 0 Å². The molecule has 0 fully saturated rings. The van der Waals surface area contributed by atoms with E-state index in [1.165, 1.54) is 0 Å². The molecular weight excluding hydrogens is 216 g/mol. The van der Waals surface area contributed by atoms with E-state index in [0.29, 0.717) is 0 Å². The summed E-state index contributed by atoms with van der Waals surface area (Å²) in [6.07, 6.45) is -7.44. The second-order valence-electron chi connectivity index (χ2n) is 1.67. The van der Waals surface area contributed by atoms with Crippen molar-refractivity contribution in [3.05, 3.63) is 12.9 Å². The second kappa shape index (κ2) is 3.27. The molecule has 72 valence electrons. The lowest BCUT2D eigenvalue weighted by Crippen LogP contribution is -2.44. The Morgan fingerprint density at radius 2 is 1.17 bits per heavy atom. The molecule has 0 bridgehead atoms. The van der Waals surface area contributed by atoms with Gasteiger partial charge in [-0.05, 0) is 0 Å². The maximum absolute atomic E-state index is 12.0. The quantitative estimate of drug-likeness (QED) is 0.501. The third-order valence-electron chi connectivity index (χ3n) is 0.869. The Hall–Kier alpha value is -0.200. The zero-order valence-corrected chi connectivity index (χ0v) is 5.78. The molecule has 0 saturated heterocycles. The van der Waals surface area contributed by atoms with Gasteiger partial charge in [0.25, 0.3) is 0 Å². The largest absolute Gasteiger partial charge is 0.383 e.